The van der Waals surface area contributed by atoms with Gasteiger partial charge in [0.2, 0.25) is 0 Å². The monoisotopic (exact) mass is 270 g/mol. The Bertz CT molecular complexity index is 122. The summed E-state index contributed by atoms with van der Waals surface area (Å²) in [6.07, 6.45) is 4.02. The molecule has 0 spiro atoms. The molecule has 0 saturated carbocycles. The second-order valence-electron chi connectivity index (χ2n) is 1.29. The first-order valence-corrected chi connectivity index (χ1v) is 4.92. The Morgan fingerprint density at radius 1 is 1.11 bits per heavy atom. The zero-order valence-electron chi connectivity index (χ0n) is 5.32. The van der Waals surface area contributed by atoms with Gasteiger partial charge >= 0.3 is 0 Å². The third kappa shape index (κ3) is 5.25. The standard InChI is InChI=1S/C6H8Br2S/c1-3-5(7)9-6(8)4-2/h3-4H,1-2H3/b5-3-,6-4-. The van der Waals surface area contributed by atoms with E-state index in [2.05, 4.69) is 31.9 Å². The summed E-state index contributed by atoms with van der Waals surface area (Å²) in [5.41, 5.74) is 0. The average Bonchev–Trinajstić information content (AvgIpc) is 1.87. The van der Waals surface area contributed by atoms with E-state index in [1.165, 1.54) is 0 Å². The molecule has 0 rings (SSSR count). The highest BCUT2D eigenvalue weighted by Crippen LogP contribution is 2.33. The van der Waals surface area contributed by atoms with Crippen LogP contribution in [0.3, 0.4) is 0 Å². The van der Waals surface area contributed by atoms with E-state index in [9.17, 15) is 0 Å². The molecule has 0 saturated heterocycles. The van der Waals surface area contributed by atoms with Crippen molar-refractivity contribution in [3.63, 3.8) is 0 Å². The molecule has 0 heterocycles. The number of allylic oxidation sites excluding steroid dienone is 2. The molecule has 0 atom stereocenters. The van der Waals surface area contributed by atoms with Gasteiger partial charge in [0.1, 0.15) is 0 Å². The van der Waals surface area contributed by atoms with Gasteiger partial charge in [-0.15, -0.1) is 0 Å². The summed E-state index contributed by atoms with van der Waals surface area (Å²) >= 11 is 8.40. The fourth-order valence-corrected chi connectivity index (χ4v) is 2.33. The van der Waals surface area contributed by atoms with Crippen molar-refractivity contribution in [2.24, 2.45) is 0 Å². The Kier molecular flexibility index (Phi) is 6.05. The minimum Gasteiger partial charge on any atom is -0.0756 e. The molecule has 0 aliphatic heterocycles. The van der Waals surface area contributed by atoms with E-state index in [1.54, 1.807) is 11.8 Å². The molecule has 0 amide bonds. The van der Waals surface area contributed by atoms with E-state index in [4.69, 9.17) is 0 Å². The van der Waals surface area contributed by atoms with Crippen LogP contribution in [0.25, 0.3) is 0 Å². The van der Waals surface area contributed by atoms with Crippen LogP contribution in [-0.4, -0.2) is 0 Å². The highest BCUT2D eigenvalue weighted by molar-refractivity contribution is 9.16. The Hall–Kier alpha value is 0.790. The molecule has 52 valence electrons. The third-order valence-electron chi connectivity index (χ3n) is 0.649. The number of hydrogen-bond donors (Lipinski definition) is 0. The molecule has 0 unspecified atom stereocenters. The summed E-state index contributed by atoms with van der Waals surface area (Å²) in [5.74, 6) is 0. The molecule has 0 nitrogen and oxygen atoms in total. The smallest absolute Gasteiger partial charge is 0.0514 e. The van der Waals surface area contributed by atoms with Crippen molar-refractivity contribution in [1.29, 1.82) is 0 Å². The van der Waals surface area contributed by atoms with Gasteiger partial charge in [0, 0.05) is 0 Å². The van der Waals surface area contributed by atoms with Crippen LogP contribution in [0.1, 0.15) is 13.8 Å². The van der Waals surface area contributed by atoms with Crippen molar-refractivity contribution in [2.45, 2.75) is 13.8 Å². The summed E-state index contributed by atoms with van der Waals surface area (Å²) in [4.78, 5) is 0. The van der Waals surface area contributed by atoms with Crippen molar-refractivity contribution < 1.29 is 0 Å². The topological polar surface area (TPSA) is 0 Å². The first-order chi connectivity index (χ1) is 4.20. The SMILES string of the molecule is C/C=C(/Br)S/C(Br)=C\C. The lowest BCUT2D eigenvalue weighted by Crippen LogP contribution is -1.58. The Balaban J connectivity index is 3.75. The molecular formula is C6H8Br2S. The van der Waals surface area contributed by atoms with Gasteiger partial charge in [-0.2, -0.15) is 0 Å². The fourth-order valence-electron chi connectivity index (χ4n) is 0.211. The minimum absolute atomic E-state index is 1.13. The first-order valence-electron chi connectivity index (χ1n) is 2.52. The molecule has 3 heteroatoms. The van der Waals surface area contributed by atoms with E-state index in [0.717, 1.165) is 7.63 Å². The molecule has 0 aliphatic carbocycles. The van der Waals surface area contributed by atoms with E-state index in [-0.39, 0.29) is 0 Å². The molecular weight excluding hydrogens is 264 g/mol. The quantitative estimate of drug-likeness (QED) is 0.724. The zero-order valence-corrected chi connectivity index (χ0v) is 9.31. The Labute approximate surface area is 77.0 Å². The number of halogens is 2. The molecule has 0 radical (unpaired) electrons. The van der Waals surface area contributed by atoms with Crippen molar-refractivity contribution >= 4 is 43.6 Å². The van der Waals surface area contributed by atoms with Crippen molar-refractivity contribution in [1.82, 2.24) is 0 Å². The molecule has 0 aliphatic rings. The largest absolute Gasteiger partial charge is 0.0756 e. The third-order valence-corrected chi connectivity index (χ3v) is 3.40. The fraction of sp³-hybridized carbons (Fsp3) is 0.333. The highest BCUT2D eigenvalue weighted by atomic mass is 79.9. The molecule has 9 heavy (non-hydrogen) atoms. The van der Waals surface area contributed by atoms with Crippen LogP contribution in [0.2, 0.25) is 0 Å². The summed E-state index contributed by atoms with van der Waals surface area (Å²) in [5, 5.41) is 0. The summed E-state index contributed by atoms with van der Waals surface area (Å²) in [6.45, 7) is 3.99. The summed E-state index contributed by atoms with van der Waals surface area (Å²) in [6, 6.07) is 0. The number of thioether (sulfide) groups is 1. The summed E-state index contributed by atoms with van der Waals surface area (Å²) < 4.78 is 2.26. The second-order valence-corrected chi connectivity index (χ2v) is 5.13. The maximum Gasteiger partial charge on any atom is 0.0514 e. The predicted octanol–water partition coefficient (Wildman–Crippen LogP) is 4.23. The highest BCUT2D eigenvalue weighted by Gasteiger charge is 1.92. The maximum atomic E-state index is 3.37. The Morgan fingerprint density at radius 3 is 1.67 bits per heavy atom. The van der Waals surface area contributed by atoms with E-state index in [0.29, 0.717) is 0 Å². The minimum atomic E-state index is 1.13. The summed E-state index contributed by atoms with van der Waals surface area (Å²) in [7, 11) is 0. The first kappa shape index (κ1) is 9.79. The van der Waals surface area contributed by atoms with Gasteiger partial charge < -0.3 is 0 Å². The van der Waals surface area contributed by atoms with Crippen LogP contribution in [0.5, 0.6) is 0 Å². The van der Waals surface area contributed by atoms with Gasteiger partial charge in [0.25, 0.3) is 0 Å². The van der Waals surface area contributed by atoms with Crippen LogP contribution < -0.4 is 0 Å². The molecule has 0 N–H and O–H groups in total. The van der Waals surface area contributed by atoms with Gasteiger partial charge in [0.05, 0.1) is 7.63 Å². The van der Waals surface area contributed by atoms with Crippen LogP contribution in [0, 0.1) is 0 Å². The zero-order chi connectivity index (χ0) is 7.28. The van der Waals surface area contributed by atoms with Crippen molar-refractivity contribution in [2.75, 3.05) is 0 Å². The van der Waals surface area contributed by atoms with Gasteiger partial charge in [-0.05, 0) is 45.7 Å². The van der Waals surface area contributed by atoms with Gasteiger partial charge in [-0.25, -0.2) is 0 Å². The normalized spacial score (nSPS) is 14.2. The molecule has 0 aromatic heterocycles. The van der Waals surface area contributed by atoms with E-state index in [1.807, 2.05) is 26.0 Å². The van der Waals surface area contributed by atoms with Crippen LogP contribution in [0.4, 0.5) is 0 Å². The lowest BCUT2D eigenvalue weighted by Gasteiger charge is -1.93. The van der Waals surface area contributed by atoms with Crippen molar-refractivity contribution in [3.8, 4) is 0 Å². The Morgan fingerprint density at radius 2 is 1.44 bits per heavy atom. The second kappa shape index (κ2) is 5.57. The van der Waals surface area contributed by atoms with Gasteiger partial charge in [0.15, 0.2) is 0 Å². The van der Waals surface area contributed by atoms with Crippen LogP contribution in [-0.2, 0) is 0 Å². The molecule has 0 aromatic carbocycles. The van der Waals surface area contributed by atoms with Crippen molar-refractivity contribution in [3.05, 3.63) is 19.8 Å². The van der Waals surface area contributed by atoms with E-state index < -0.39 is 0 Å². The predicted molar refractivity (Wildman–Crippen MR) is 53.0 cm³/mol. The van der Waals surface area contributed by atoms with Crippen LogP contribution in [0.15, 0.2) is 19.8 Å². The maximum absolute atomic E-state index is 3.37. The lowest BCUT2D eigenvalue weighted by molar-refractivity contribution is 1.76. The number of hydrogen-bond acceptors (Lipinski definition) is 1. The average molecular weight is 272 g/mol. The van der Waals surface area contributed by atoms with E-state index >= 15 is 0 Å². The molecule has 0 bridgehead atoms. The van der Waals surface area contributed by atoms with Gasteiger partial charge in [-0.1, -0.05) is 23.9 Å². The lowest BCUT2D eigenvalue weighted by atomic mass is 10.8. The molecule has 0 aromatic rings. The van der Waals surface area contributed by atoms with Crippen LogP contribution >= 0.6 is 43.6 Å². The molecule has 0 fully saturated rings. The van der Waals surface area contributed by atoms with Gasteiger partial charge in [-0.3, -0.25) is 0 Å². The number of rotatable bonds is 2.